The van der Waals surface area contributed by atoms with Crippen molar-refractivity contribution in [1.82, 2.24) is 14.5 Å². The highest BCUT2D eigenvalue weighted by Gasteiger charge is 2.45. The fraction of sp³-hybridized carbons (Fsp3) is 0.0800. The second kappa shape index (κ2) is 7.55. The molecule has 0 bridgehead atoms. The lowest BCUT2D eigenvalue weighted by atomic mass is 10.1. The van der Waals surface area contributed by atoms with Crippen LogP contribution in [-0.2, 0) is 6.18 Å². The summed E-state index contributed by atoms with van der Waals surface area (Å²) < 4.78 is 44.1. The van der Waals surface area contributed by atoms with Gasteiger partial charge in [-0.25, -0.2) is 4.98 Å². The highest BCUT2D eigenvalue weighted by molar-refractivity contribution is 5.82. The molecule has 1 aliphatic heterocycles. The Labute approximate surface area is 182 Å². The molecule has 0 atom stereocenters. The average molecular weight is 430 g/mol. The maximum absolute atomic E-state index is 13.6. The van der Waals surface area contributed by atoms with E-state index in [0.29, 0.717) is 16.9 Å². The summed E-state index contributed by atoms with van der Waals surface area (Å²) in [7, 11) is 1.72. The number of alkyl halides is 3. The van der Waals surface area contributed by atoms with Crippen molar-refractivity contribution < 1.29 is 17.7 Å². The number of fused-ring (bicyclic) bond motifs is 1. The van der Waals surface area contributed by atoms with Gasteiger partial charge in [0.1, 0.15) is 0 Å². The van der Waals surface area contributed by atoms with E-state index in [1.165, 1.54) is 4.58 Å². The molecule has 0 saturated carbocycles. The first-order chi connectivity index (χ1) is 15.4. The molecule has 0 spiro atoms. The van der Waals surface area contributed by atoms with Crippen LogP contribution in [0.3, 0.4) is 0 Å². The van der Waals surface area contributed by atoms with E-state index < -0.39 is 12.0 Å². The fourth-order valence-electron chi connectivity index (χ4n) is 3.69. The van der Waals surface area contributed by atoms with E-state index in [4.69, 9.17) is 0 Å². The molecule has 0 fully saturated rings. The number of halogens is 3. The number of rotatable bonds is 3. The van der Waals surface area contributed by atoms with Crippen molar-refractivity contribution in [2.24, 2.45) is 0 Å². The molecule has 1 aliphatic rings. The summed E-state index contributed by atoms with van der Waals surface area (Å²) in [5.74, 6) is -1.04. The second-order valence-corrected chi connectivity index (χ2v) is 7.34. The maximum Gasteiger partial charge on any atom is 0.497 e. The standard InChI is InChI=1S/C25H17F3N4/c1-31-16-32(20-14-12-18(13-15-20)17-8-4-2-5-9-17)23-22(31)21(19-10-6-3-7-11-19)29-24(30-23)25(26,27)28/h2-15H,1H3/q+2. The first-order valence-corrected chi connectivity index (χ1v) is 9.92. The first kappa shape index (κ1) is 19.8. The zero-order valence-corrected chi connectivity index (χ0v) is 17.0. The van der Waals surface area contributed by atoms with E-state index in [1.54, 1.807) is 42.0 Å². The van der Waals surface area contributed by atoms with Crippen LogP contribution in [0, 0.1) is 0 Å². The number of hydrogen-bond donors (Lipinski definition) is 0. The molecule has 4 nitrogen and oxygen atoms in total. The smallest absolute Gasteiger partial charge is 0.217 e. The Bertz CT molecular complexity index is 1370. The molecule has 0 amide bonds. The highest BCUT2D eigenvalue weighted by atomic mass is 19.4. The van der Waals surface area contributed by atoms with Crippen molar-refractivity contribution in [3.8, 4) is 22.4 Å². The predicted octanol–water partition coefficient (Wildman–Crippen LogP) is 6.13. The van der Waals surface area contributed by atoms with E-state index in [0.717, 1.165) is 11.1 Å². The lowest BCUT2D eigenvalue weighted by Crippen LogP contribution is -2.14. The third-order valence-corrected chi connectivity index (χ3v) is 5.20. The van der Waals surface area contributed by atoms with Crippen LogP contribution in [0.25, 0.3) is 22.4 Å². The zero-order valence-electron chi connectivity index (χ0n) is 17.0. The van der Waals surface area contributed by atoms with Gasteiger partial charge in [-0.2, -0.15) is 18.2 Å². The molecular formula is C25H17F3N4+2. The Morgan fingerprint density at radius 3 is 1.88 bits per heavy atom. The Morgan fingerprint density at radius 2 is 1.28 bits per heavy atom. The van der Waals surface area contributed by atoms with Crippen LogP contribution in [0.1, 0.15) is 5.82 Å². The van der Waals surface area contributed by atoms with Crippen LogP contribution in [0.4, 0.5) is 30.4 Å². The van der Waals surface area contributed by atoms with Crippen LogP contribution in [0.2, 0.25) is 0 Å². The summed E-state index contributed by atoms with van der Waals surface area (Å²) in [6.07, 6.45) is -4.68. The van der Waals surface area contributed by atoms with Gasteiger partial charge in [-0.3, -0.25) is 0 Å². The van der Waals surface area contributed by atoms with Crippen LogP contribution in [-0.4, -0.2) is 27.6 Å². The molecule has 156 valence electrons. The quantitative estimate of drug-likeness (QED) is 0.367. The number of hydrogen-bond acceptors (Lipinski definition) is 2. The molecule has 2 heterocycles. The number of nitrogens with zero attached hydrogens (tertiary/aromatic N) is 4. The van der Waals surface area contributed by atoms with E-state index >= 15 is 0 Å². The molecule has 0 saturated heterocycles. The van der Waals surface area contributed by atoms with E-state index in [-0.39, 0.29) is 11.5 Å². The van der Waals surface area contributed by atoms with Crippen molar-refractivity contribution in [2.45, 2.75) is 6.18 Å². The van der Waals surface area contributed by atoms with Crippen molar-refractivity contribution >= 4 is 23.2 Å². The zero-order chi connectivity index (χ0) is 22.3. The van der Waals surface area contributed by atoms with Crippen molar-refractivity contribution in [1.29, 1.82) is 0 Å². The van der Waals surface area contributed by atoms with Crippen LogP contribution < -0.4 is 4.58 Å². The third-order valence-electron chi connectivity index (χ3n) is 5.20. The molecule has 32 heavy (non-hydrogen) atoms. The van der Waals surface area contributed by atoms with Crippen molar-refractivity contribution in [3.63, 3.8) is 0 Å². The summed E-state index contributed by atoms with van der Waals surface area (Å²) in [5, 5.41) is 0. The largest absolute Gasteiger partial charge is 0.497 e. The van der Waals surface area contributed by atoms with Gasteiger partial charge in [-0.15, -0.1) is 0 Å². The Balaban J connectivity index is 1.65. The molecule has 1 aromatic heterocycles. The van der Waals surface area contributed by atoms with Gasteiger partial charge < -0.3 is 0 Å². The molecule has 3 aromatic carbocycles. The number of benzene rings is 3. The Kier molecular flexibility index (Phi) is 4.68. The van der Waals surface area contributed by atoms with E-state index in [9.17, 15) is 13.2 Å². The molecule has 5 rings (SSSR count). The SMILES string of the molecule is C[N+]1=C=[N+](c2ccc(-c3ccccc3)cc2)c2nc(C(F)(F)F)nc(-c3ccccc3)c21. The molecule has 0 radical (unpaired) electrons. The minimum atomic E-state index is -4.68. The van der Waals surface area contributed by atoms with Crippen LogP contribution >= 0.6 is 0 Å². The van der Waals surface area contributed by atoms with Gasteiger partial charge in [-0.1, -0.05) is 65.2 Å². The van der Waals surface area contributed by atoms with Gasteiger partial charge in [0.2, 0.25) is 11.5 Å². The third kappa shape index (κ3) is 3.49. The lowest BCUT2D eigenvalue weighted by Gasteiger charge is -2.08. The highest BCUT2D eigenvalue weighted by Crippen LogP contribution is 2.41. The van der Waals surface area contributed by atoms with Crippen molar-refractivity contribution in [3.05, 3.63) is 90.8 Å². The summed E-state index contributed by atoms with van der Waals surface area (Å²) in [5.41, 5.74) is 3.97. The van der Waals surface area contributed by atoms with Gasteiger partial charge in [0.15, 0.2) is 12.7 Å². The fourth-order valence-corrected chi connectivity index (χ4v) is 3.69. The summed E-state index contributed by atoms with van der Waals surface area (Å²) in [6, 6.07) is 29.3. The van der Waals surface area contributed by atoms with Gasteiger partial charge in [0.25, 0.3) is 0 Å². The molecule has 0 unspecified atom stereocenters. The monoisotopic (exact) mass is 430 g/mol. The lowest BCUT2D eigenvalue weighted by molar-refractivity contribution is -0.393. The maximum atomic E-state index is 13.6. The molecule has 0 N–H and O–H groups in total. The van der Waals surface area contributed by atoms with Crippen LogP contribution in [0.5, 0.6) is 0 Å². The van der Waals surface area contributed by atoms with E-state index in [1.807, 2.05) is 54.6 Å². The summed E-state index contributed by atoms with van der Waals surface area (Å²) in [6.45, 7) is 0. The molecule has 4 aromatic rings. The minimum Gasteiger partial charge on any atom is -0.217 e. The van der Waals surface area contributed by atoms with E-state index in [2.05, 4.69) is 16.0 Å². The summed E-state index contributed by atoms with van der Waals surface area (Å²) in [4.78, 5) is 7.76. The topological polar surface area (TPSA) is 31.8 Å². The predicted molar refractivity (Wildman–Crippen MR) is 117 cm³/mol. The Hall–Kier alpha value is -4.09. The normalized spacial score (nSPS) is 12.9. The van der Waals surface area contributed by atoms with Gasteiger partial charge in [0.05, 0.1) is 0 Å². The number of aromatic nitrogens is 2. The molecule has 0 aliphatic carbocycles. The summed E-state index contributed by atoms with van der Waals surface area (Å²) >= 11 is 0. The van der Waals surface area contributed by atoms with Gasteiger partial charge in [0, 0.05) is 17.7 Å². The van der Waals surface area contributed by atoms with Gasteiger partial charge >= 0.3 is 23.7 Å². The minimum absolute atomic E-state index is 0.140. The van der Waals surface area contributed by atoms with Gasteiger partial charge in [-0.05, 0) is 27.8 Å². The van der Waals surface area contributed by atoms with Crippen molar-refractivity contribution in [2.75, 3.05) is 7.05 Å². The molecular weight excluding hydrogens is 413 g/mol. The Morgan fingerprint density at radius 1 is 0.719 bits per heavy atom. The van der Waals surface area contributed by atoms with Crippen LogP contribution in [0.15, 0.2) is 84.9 Å². The average Bonchev–Trinajstić information content (AvgIpc) is 3.16. The first-order valence-electron chi connectivity index (χ1n) is 9.92. The molecule has 7 heteroatoms. The second-order valence-electron chi connectivity index (χ2n) is 7.34.